The van der Waals surface area contributed by atoms with Crippen LogP contribution in [0.2, 0.25) is 0 Å². The Labute approximate surface area is 121 Å². The fourth-order valence-corrected chi connectivity index (χ4v) is 4.41. The molecule has 2 bridgehead atoms. The smallest absolute Gasteiger partial charge is 0.307 e. The second-order valence-electron chi connectivity index (χ2n) is 8.10. The summed E-state index contributed by atoms with van der Waals surface area (Å²) in [6.07, 6.45) is 3.24. The first-order valence-electron chi connectivity index (χ1n) is 7.58. The number of fused-ring (bicyclic) bond motifs is 2. The molecule has 2 fully saturated rings. The Hall–Kier alpha value is -1.06. The number of carboxylic acids is 1. The number of hydrogen-bond donors (Lipinski definition) is 1. The maximum Gasteiger partial charge on any atom is 0.307 e. The summed E-state index contributed by atoms with van der Waals surface area (Å²) in [4.78, 5) is 25.7. The molecule has 4 nitrogen and oxygen atoms in total. The highest BCUT2D eigenvalue weighted by molar-refractivity contribution is 5.84. The number of carbonyl (C=O) groups excluding carboxylic acids is 1. The van der Waals surface area contributed by atoms with E-state index in [9.17, 15) is 9.59 Å². The Bertz CT molecular complexity index is 431. The largest absolute Gasteiger partial charge is 0.481 e. The van der Waals surface area contributed by atoms with E-state index in [2.05, 4.69) is 20.8 Å². The number of carboxylic acid groups (broad SMARTS) is 1. The highest BCUT2D eigenvalue weighted by Gasteiger charge is 2.51. The lowest BCUT2D eigenvalue weighted by molar-refractivity contribution is -0.149. The summed E-state index contributed by atoms with van der Waals surface area (Å²) in [6, 6.07) is 0.291. The van der Waals surface area contributed by atoms with Crippen LogP contribution >= 0.6 is 0 Å². The van der Waals surface area contributed by atoms with Crippen LogP contribution in [0.5, 0.6) is 0 Å². The summed E-state index contributed by atoms with van der Waals surface area (Å²) in [6.45, 7) is 11.0. The van der Waals surface area contributed by atoms with E-state index in [-0.39, 0.29) is 16.7 Å². The molecule has 0 aromatic rings. The normalized spacial score (nSPS) is 34.6. The van der Waals surface area contributed by atoms with Gasteiger partial charge >= 0.3 is 5.97 Å². The summed E-state index contributed by atoms with van der Waals surface area (Å²) >= 11 is 0. The molecule has 0 aromatic heterocycles. The Morgan fingerprint density at radius 1 is 1.15 bits per heavy atom. The van der Waals surface area contributed by atoms with Crippen molar-refractivity contribution in [2.75, 3.05) is 6.54 Å². The number of hydrogen-bond acceptors (Lipinski definition) is 2. The molecule has 4 heteroatoms. The second-order valence-corrected chi connectivity index (χ2v) is 8.10. The third-order valence-electron chi connectivity index (χ3n) is 5.23. The highest BCUT2D eigenvalue weighted by atomic mass is 16.4. The molecule has 20 heavy (non-hydrogen) atoms. The van der Waals surface area contributed by atoms with Crippen molar-refractivity contribution in [1.82, 2.24) is 4.90 Å². The van der Waals surface area contributed by atoms with Crippen LogP contribution in [-0.4, -0.2) is 34.5 Å². The summed E-state index contributed by atoms with van der Waals surface area (Å²) < 4.78 is 0. The Morgan fingerprint density at radius 3 is 2.30 bits per heavy atom. The average molecular weight is 281 g/mol. The molecule has 1 aliphatic carbocycles. The lowest BCUT2D eigenvalue weighted by atomic mass is 9.65. The van der Waals surface area contributed by atoms with Crippen LogP contribution in [0.4, 0.5) is 0 Å². The minimum absolute atomic E-state index is 0.0197. The van der Waals surface area contributed by atoms with Crippen molar-refractivity contribution in [3.63, 3.8) is 0 Å². The van der Waals surface area contributed by atoms with Gasteiger partial charge in [0.2, 0.25) is 5.91 Å². The molecule has 2 rings (SSSR count). The van der Waals surface area contributed by atoms with E-state index in [1.807, 2.05) is 4.90 Å². The molecule has 2 aliphatic rings. The van der Waals surface area contributed by atoms with E-state index >= 15 is 0 Å². The number of aliphatic carboxylic acids is 1. The van der Waals surface area contributed by atoms with E-state index in [0.29, 0.717) is 6.04 Å². The van der Waals surface area contributed by atoms with Crippen molar-refractivity contribution in [1.29, 1.82) is 0 Å². The van der Waals surface area contributed by atoms with Gasteiger partial charge in [-0.3, -0.25) is 9.59 Å². The fraction of sp³-hybridized carbons (Fsp3) is 0.875. The van der Waals surface area contributed by atoms with E-state index in [1.54, 1.807) is 13.8 Å². The van der Waals surface area contributed by atoms with Gasteiger partial charge in [0.1, 0.15) is 0 Å². The predicted octanol–water partition coefficient (Wildman–Crippen LogP) is 2.77. The van der Waals surface area contributed by atoms with Crippen LogP contribution < -0.4 is 0 Å². The van der Waals surface area contributed by atoms with E-state index in [4.69, 9.17) is 5.11 Å². The molecule has 4 unspecified atom stereocenters. The number of amides is 1. The zero-order valence-electron chi connectivity index (χ0n) is 13.3. The lowest BCUT2D eigenvalue weighted by Crippen LogP contribution is -2.42. The van der Waals surface area contributed by atoms with Crippen LogP contribution in [0, 0.1) is 22.7 Å². The lowest BCUT2D eigenvalue weighted by Gasteiger charge is -2.39. The summed E-state index contributed by atoms with van der Waals surface area (Å²) in [5.74, 6) is -1.94. The third kappa shape index (κ3) is 2.70. The number of carbonyl (C=O) groups is 2. The quantitative estimate of drug-likeness (QED) is 0.865. The molecule has 0 aromatic carbocycles. The van der Waals surface area contributed by atoms with Crippen molar-refractivity contribution in [3.05, 3.63) is 0 Å². The molecule has 1 saturated carbocycles. The van der Waals surface area contributed by atoms with Gasteiger partial charge in [0.15, 0.2) is 0 Å². The zero-order chi connectivity index (χ0) is 15.3. The third-order valence-corrected chi connectivity index (χ3v) is 5.23. The van der Waals surface area contributed by atoms with Crippen molar-refractivity contribution in [2.45, 2.75) is 59.9 Å². The number of likely N-dealkylation sites (tertiary alicyclic amines) is 1. The minimum Gasteiger partial charge on any atom is -0.481 e. The maximum atomic E-state index is 12.6. The summed E-state index contributed by atoms with van der Waals surface area (Å²) in [7, 11) is 0. The first-order chi connectivity index (χ1) is 9.05. The van der Waals surface area contributed by atoms with E-state index in [1.165, 1.54) is 0 Å². The highest BCUT2D eigenvalue weighted by Crippen LogP contribution is 2.52. The second kappa shape index (κ2) is 4.74. The van der Waals surface area contributed by atoms with Crippen molar-refractivity contribution in [3.8, 4) is 0 Å². The molecule has 1 saturated heterocycles. The Morgan fingerprint density at radius 2 is 1.75 bits per heavy atom. The predicted molar refractivity (Wildman–Crippen MR) is 77.2 cm³/mol. The molecule has 1 N–H and O–H groups in total. The van der Waals surface area contributed by atoms with Crippen molar-refractivity contribution >= 4 is 11.9 Å². The van der Waals surface area contributed by atoms with Crippen LogP contribution in [0.3, 0.4) is 0 Å². The first kappa shape index (κ1) is 15.3. The van der Waals surface area contributed by atoms with E-state index < -0.39 is 17.8 Å². The van der Waals surface area contributed by atoms with Gasteiger partial charge in [0.05, 0.1) is 5.92 Å². The molecule has 1 aliphatic heterocycles. The van der Waals surface area contributed by atoms with Crippen molar-refractivity contribution < 1.29 is 14.7 Å². The molecule has 0 radical (unpaired) electrons. The van der Waals surface area contributed by atoms with Gasteiger partial charge in [0, 0.05) is 18.5 Å². The molecule has 0 spiro atoms. The summed E-state index contributed by atoms with van der Waals surface area (Å²) in [5, 5.41) is 9.09. The molecule has 1 heterocycles. The minimum atomic E-state index is -0.889. The topological polar surface area (TPSA) is 57.6 Å². The molecule has 1 amide bonds. The molecular formula is C16H27NO3. The van der Waals surface area contributed by atoms with Gasteiger partial charge < -0.3 is 10.0 Å². The standard InChI is InChI=1S/C16H27NO3/c1-10(11(2)14(19)20)13(18)17-9-16(5)7-12(17)6-15(3,4)8-16/h10-12H,6-9H2,1-5H3,(H,19,20). The molecule has 4 atom stereocenters. The van der Waals surface area contributed by atoms with Crippen LogP contribution in [0.25, 0.3) is 0 Å². The van der Waals surface area contributed by atoms with Crippen LogP contribution in [-0.2, 0) is 9.59 Å². The number of rotatable bonds is 3. The zero-order valence-corrected chi connectivity index (χ0v) is 13.3. The van der Waals surface area contributed by atoms with Gasteiger partial charge in [0.25, 0.3) is 0 Å². The average Bonchev–Trinajstić information content (AvgIpc) is 2.55. The van der Waals surface area contributed by atoms with Crippen molar-refractivity contribution in [2.24, 2.45) is 22.7 Å². The van der Waals surface area contributed by atoms with Gasteiger partial charge in [-0.2, -0.15) is 0 Å². The summed E-state index contributed by atoms with van der Waals surface area (Å²) in [5.41, 5.74) is 0.475. The maximum absolute atomic E-state index is 12.6. The molecule has 114 valence electrons. The number of nitrogens with zero attached hydrogens (tertiary/aromatic N) is 1. The van der Waals surface area contributed by atoms with Gasteiger partial charge in [-0.1, -0.05) is 34.6 Å². The monoisotopic (exact) mass is 281 g/mol. The Balaban J connectivity index is 2.15. The van der Waals surface area contributed by atoms with E-state index in [0.717, 1.165) is 25.8 Å². The fourth-order valence-electron chi connectivity index (χ4n) is 4.41. The SMILES string of the molecule is CC(C(=O)O)C(C)C(=O)N1CC2(C)CC1CC(C)(C)C2. The van der Waals surface area contributed by atoms with Gasteiger partial charge in [-0.25, -0.2) is 0 Å². The van der Waals surface area contributed by atoms with Crippen LogP contribution in [0.15, 0.2) is 0 Å². The van der Waals surface area contributed by atoms with Gasteiger partial charge in [-0.15, -0.1) is 0 Å². The first-order valence-corrected chi connectivity index (χ1v) is 7.58. The van der Waals surface area contributed by atoms with Gasteiger partial charge in [-0.05, 0) is 30.1 Å². The molecular weight excluding hydrogens is 254 g/mol. The Kier molecular flexibility index (Phi) is 3.64. The van der Waals surface area contributed by atoms with Crippen LogP contribution in [0.1, 0.15) is 53.9 Å².